The molecule has 2 nitrogen and oxygen atoms in total. The van der Waals surface area contributed by atoms with E-state index in [9.17, 15) is 4.39 Å². The Balaban J connectivity index is 2.02. The summed E-state index contributed by atoms with van der Waals surface area (Å²) < 4.78 is 13.6. The van der Waals surface area contributed by atoms with Gasteiger partial charge in [0.2, 0.25) is 0 Å². The monoisotopic (exact) mass is 342 g/mol. The maximum Gasteiger partial charge on any atom is 0.137 e. The lowest BCUT2D eigenvalue weighted by Crippen LogP contribution is -2.09. The van der Waals surface area contributed by atoms with Gasteiger partial charge in [0.1, 0.15) is 5.82 Å². The maximum atomic E-state index is 13.1. The van der Waals surface area contributed by atoms with Crippen LogP contribution in [-0.4, -0.2) is 4.98 Å². The van der Waals surface area contributed by atoms with Gasteiger partial charge < -0.3 is 5.32 Å². The molecule has 1 N–H and O–H groups in total. The number of hydrogen-bond donors (Lipinski definition) is 1. The Labute approximate surface area is 125 Å². The van der Waals surface area contributed by atoms with Gasteiger partial charge in [-0.05, 0) is 34.1 Å². The van der Waals surface area contributed by atoms with Crippen LogP contribution < -0.4 is 5.32 Å². The van der Waals surface area contributed by atoms with Gasteiger partial charge in [0.15, 0.2) is 0 Å². The molecular formula is C14H16BrFN2S. The summed E-state index contributed by atoms with van der Waals surface area (Å²) in [7, 11) is 0. The zero-order valence-corrected chi connectivity index (χ0v) is 13.5. The highest BCUT2D eigenvalue weighted by Gasteiger charge is 2.17. The van der Waals surface area contributed by atoms with Gasteiger partial charge in [-0.15, -0.1) is 11.3 Å². The highest BCUT2D eigenvalue weighted by molar-refractivity contribution is 9.10. The molecule has 0 aliphatic rings. The van der Waals surface area contributed by atoms with Gasteiger partial charge in [0.05, 0.1) is 16.0 Å². The van der Waals surface area contributed by atoms with E-state index < -0.39 is 0 Å². The van der Waals surface area contributed by atoms with Crippen LogP contribution in [0.25, 0.3) is 0 Å². The van der Waals surface area contributed by atoms with Crippen molar-refractivity contribution < 1.29 is 4.39 Å². The number of benzene rings is 1. The number of aromatic nitrogens is 1. The molecule has 0 saturated heterocycles. The Morgan fingerprint density at radius 1 is 1.37 bits per heavy atom. The van der Waals surface area contributed by atoms with Crippen LogP contribution >= 0.6 is 27.3 Å². The van der Waals surface area contributed by atoms with Crippen molar-refractivity contribution in [2.24, 2.45) is 0 Å². The van der Waals surface area contributed by atoms with E-state index in [1.165, 1.54) is 10.9 Å². The number of thiazole rings is 1. The van der Waals surface area contributed by atoms with Crippen molar-refractivity contribution in [3.8, 4) is 0 Å². The third-order valence-electron chi connectivity index (χ3n) is 2.58. The summed E-state index contributed by atoms with van der Waals surface area (Å²) in [6.07, 6.45) is 1.90. The van der Waals surface area contributed by atoms with Crippen molar-refractivity contribution in [3.05, 3.63) is 44.6 Å². The number of anilines is 1. The largest absolute Gasteiger partial charge is 0.380 e. The third-order valence-corrected chi connectivity index (χ3v) is 4.61. The molecule has 1 aromatic heterocycles. The molecule has 1 heterocycles. The molecule has 0 saturated carbocycles. The lowest BCUT2D eigenvalue weighted by molar-refractivity contribution is 0.585. The smallest absolute Gasteiger partial charge is 0.137 e. The van der Waals surface area contributed by atoms with Crippen molar-refractivity contribution in [2.45, 2.75) is 32.7 Å². The Hall–Kier alpha value is -0.940. The minimum atomic E-state index is -0.252. The van der Waals surface area contributed by atoms with Crippen LogP contribution in [0.3, 0.4) is 0 Å². The van der Waals surface area contributed by atoms with E-state index in [4.69, 9.17) is 0 Å². The minimum Gasteiger partial charge on any atom is -0.380 e. The van der Waals surface area contributed by atoms with Crippen LogP contribution in [0, 0.1) is 5.82 Å². The molecule has 0 fully saturated rings. The Morgan fingerprint density at radius 3 is 2.68 bits per heavy atom. The quantitative estimate of drug-likeness (QED) is 0.853. The first-order valence-corrected chi connectivity index (χ1v) is 7.61. The first-order chi connectivity index (χ1) is 8.86. The van der Waals surface area contributed by atoms with Crippen molar-refractivity contribution in [1.82, 2.24) is 4.98 Å². The average molecular weight is 343 g/mol. The van der Waals surface area contributed by atoms with Crippen LogP contribution in [0.4, 0.5) is 10.1 Å². The normalized spacial score (nSPS) is 11.6. The summed E-state index contributed by atoms with van der Waals surface area (Å²) in [5.74, 6) is -0.252. The lowest BCUT2D eigenvalue weighted by Gasteiger charge is -2.13. The molecule has 19 heavy (non-hydrogen) atoms. The second-order valence-corrected chi connectivity index (χ2v) is 7.33. The number of rotatable bonds is 3. The second kappa shape index (κ2) is 5.59. The fourth-order valence-corrected chi connectivity index (χ4v) is 2.82. The van der Waals surface area contributed by atoms with Crippen molar-refractivity contribution >= 4 is 33.0 Å². The Bertz CT molecular complexity index is 575. The summed E-state index contributed by atoms with van der Waals surface area (Å²) in [6.45, 7) is 7.16. The zero-order valence-electron chi connectivity index (χ0n) is 11.1. The van der Waals surface area contributed by atoms with E-state index in [0.29, 0.717) is 11.0 Å². The topological polar surface area (TPSA) is 24.9 Å². The van der Waals surface area contributed by atoms with Crippen molar-refractivity contribution in [1.29, 1.82) is 0 Å². The molecule has 0 spiro atoms. The predicted molar refractivity (Wildman–Crippen MR) is 82.2 cm³/mol. The van der Waals surface area contributed by atoms with E-state index in [1.54, 1.807) is 23.5 Å². The summed E-state index contributed by atoms with van der Waals surface area (Å²) in [5, 5.41) is 4.40. The SMILES string of the molecule is CC(C)(C)c1ncc(CNc2ccc(F)c(Br)c2)s1. The minimum absolute atomic E-state index is 0.0851. The van der Waals surface area contributed by atoms with Crippen molar-refractivity contribution in [2.75, 3.05) is 5.32 Å². The summed E-state index contributed by atoms with van der Waals surface area (Å²) >= 11 is 4.88. The first-order valence-electron chi connectivity index (χ1n) is 6.00. The van der Waals surface area contributed by atoms with Crippen LogP contribution in [0.5, 0.6) is 0 Å². The molecule has 0 aliphatic heterocycles. The number of nitrogens with one attached hydrogen (secondary N) is 1. The number of nitrogens with zero attached hydrogens (tertiary/aromatic N) is 1. The third kappa shape index (κ3) is 3.76. The van der Waals surface area contributed by atoms with Gasteiger partial charge in [-0.3, -0.25) is 0 Å². The van der Waals surface area contributed by atoms with Crippen molar-refractivity contribution in [3.63, 3.8) is 0 Å². The van der Waals surface area contributed by atoms with Gasteiger partial charge in [-0.25, -0.2) is 9.37 Å². The summed E-state index contributed by atoms with van der Waals surface area (Å²) in [6, 6.07) is 4.91. The van der Waals surface area contributed by atoms with Crippen LogP contribution in [0.2, 0.25) is 0 Å². The molecular weight excluding hydrogens is 327 g/mol. The molecule has 5 heteroatoms. The summed E-state index contributed by atoms with van der Waals surface area (Å²) in [5.41, 5.74) is 0.973. The molecule has 102 valence electrons. The van der Waals surface area contributed by atoms with Gasteiger partial charge in [-0.1, -0.05) is 20.8 Å². The standard InChI is InChI=1S/C14H16BrFN2S/c1-14(2,3)13-18-8-10(19-13)7-17-9-4-5-12(16)11(15)6-9/h4-6,8,17H,7H2,1-3H3. The molecule has 0 unspecified atom stereocenters. The Kier molecular flexibility index (Phi) is 4.26. The molecule has 0 amide bonds. The van der Waals surface area contributed by atoms with E-state index in [1.807, 2.05) is 6.20 Å². The van der Waals surface area contributed by atoms with Gasteiger partial charge in [-0.2, -0.15) is 0 Å². The van der Waals surface area contributed by atoms with Crippen LogP contribution in [-0.2, 0) is 12.0 Å². The highest BCUT2D eigenvalue weighted by atomic mass is 79.9. The van der Waals surface area contributed by atoms with Crippen LogP contribution in [0.15, 0.2) is 28.9 Å². The van der Waals surface area contributed by atoms with Gasteiger partial charge in [0.25, 0.3) is 0 Å². The lowest BCUT2D eigenvalue weighted by atomic mass is 9.98. The maximum absolute atomic E-state index is 13.1. The molecule has 1 aromatic carbocycles. The Morgan fingerprint density at radius 2 is 2.11 bits per heavy atom. The van der Waals surface area contributed by atoms with Crippen LogP contribution in [0.1, 0.15) is 30.7 Å². The number of halogens is 2. The molecule has 2 rings (SSSR count). The fraction of sp³-hybridized carbons (Fsp3) is 0.357. The van der Waals surface area contributed by atoms with E-state index in [2.05, 4.69) is 47.0 Å². The molecule has 0 radical (unpaired) electrons. The molecule has 0 atom stereocenters. The fourth-order valence-electron chi connectivity index (χ4n) is 1.53. The zero-order chi connectivity index (χ0) is 14.0. The summed E-state index contributed by atoms with van der Waals surface area (Å²) in [4.78, 5) is 5.61. The van der Waals surface area contributed by atoms with Gasteiger partial charge in [0, 0.05) is 22.2 Å². The molecule has 0 bridgehead atoms. The highest BCUT2D eigenvalue weighted by Crippen LogP contribution is 2.27. The predicted octanol–water partition coefficient (Wildman–Crippen LogP) is 4.95. The van der Waals surface area contributed by atoms with E-state index >= 15 is 0 Å². The van der Waals surface area contributed by atoms with E-state index in [-0.39, 0.29) is 11.2 Å². The first kappa shape index (κ1) is 14.5. The molecule has 0 aliphatic carbocycles. The second-order valence-electron chi connectivity index (χ2n) is 5.36. The number of hydrogen-bond acceptors (Lipinski definition) is 3. The average Bonchev–Trinajstić information content (AvgIpc) is 2.79. The molecule has 2 aromatic rings. The van der Waals surface area contributed by atoms with E-state index in [0.717, 1.165) is 10.7 Å². The van der Waals surface area contributed by atoms with Gasteiger partial charge >= 0.3 is 0 Å².